The van der Waals surface area contributed by atoms with Gasteiger partial charge in [0.25, 0.3) is 0 Å². The van der Waals surface area contributed by atoms with Crippen molar-refractivity contribution in [2.45, 2.75) is 64.4 Å². The summed E-state index contributed by atoms with van der Waals surface area (Å²) >= 11 is 7.75. The molecular weight excluding hydrogens is 428 g/mol. The van der Waals surface area contributed by atoms with E-state index in [-0.39, 0.29) is 17.9 Å². The van der Waals surface area contributed by atoms with Crippen molar-refractivity contribution in [1.29, 1.82) is 0 Å². The molecule has 0 aliphatic heterocycles. The molecule has 0 spiro atoms. The van der Waals surface area contributed by atoms with Crippen molar-refractivity contribution in [1.82, 2.24) is 10.2 Å². The molecule has 2 atom stereocenters. The third-order valence-electron chi connectivity index (χ3n) is 5.22. The van der Waals surface area contributed by atoms with E-state index < -0.39 is 6.04 Å². The largest absolute Gasteiger partial charge is 0.352 e. The molecule has 1 N–H and O–H groups in total. The lowest BCUT2D eigenvalue weighted by Crippen LogP contribution is -2.50. The molecule has 0 aliphatic carbocycles. The first-order valence-corrected chi connectivity index (χ1v) is 12.4. The van der Waals surface area contributed by atoms with E-state index in [1.807, 2.05) is 63.2 Å². The maximum absolute atomic E-state index is 13.2. The van der Waals surface area contributed by atoms with Gasteiger partial charge in [0, 0.05) is 35.5 Å². The SMILES string of the molecule is CC[C@@H](C)NC(=O)[C@@H](CC)N(Cc1ccc(Cl)cc1)C(=O)CCSCc1ccccc1. The van der Waals surface area contributed by atoms with Gasteiger partial charge in [0.2, 0.25) is 11.8 Å². The predicted octanol–water partition coefficient (Wildman–Crippen LogP) is 5.69. The fourth-order valence-electron chi connectivity index (χ4n) is 3.21. The van der Waals surface area contributed by atoms with Crippen LogP contribution in [-0.2, 0) is 21.9 Å². The average Bonchev–Trinajstić information content (AvgIpc) is 2.78. The summed E-state index contributed by atoms with van der Waals surface area (Å²) in [4.78, 5) is 27.8. The average molecular weight is 461 g/mol. The van der Waals surface area contributed by atoms with E-state index in [9.17, 15) is 9.59 Å². The number of carbonyl (C=O) groups is 2. The second kappa shape index (κ2) is 13.4. The molecule has 0 saturated heterocycles. The molecule has 0 aromatic heterocycles. The Morgan fingerprint density at radius 1 is 1.00 bits per heavy atom. The van der Waals surface area contributed by atoms with Crippen LogP contribution in [0.15, 0.2) is 54.6 Å². The number of benzene rings is 2. The Labute approximate surface area is 195 Å². The van der Waals surface area contributed by atoms with E-state index in [2.05, 4.69) is 17.4 Å². The molecule has 0 aliphatic rings. The molecule has 0 heterocycles. The van der Waals surface area contributed by atoms with E-state index in [1.165, 1.54) is 5.56 Å². The van der Waals surface area contributed by atoms with Crippen LogP contribution in [0.1, 0.15) is 51.2 Å². The molecule has 31 heavy (non-hydrogen) atoms. The third kappa shape index (κ3) is 8.58. The van der Waals surface area contributed by atoms with Crippen molar-refractivity contribution in [3.63, 3.8) is 0 Å². The number of rotatable bonds is 12. The fourth-order valence-corrected chi connectivity index (χ4v) is 4.23. The number of halogens is 1. The predicted molar refractivity (Wildman–Crippen MR) is 131 cm³/mol. The van der Waals surface area contributed by atoms with Crippen molar-refractivity contribution in [2.75, 3.05) is 5.75 Å². The number of nitrogens with one attached hydrogen (secondary N) is 1. The number of carbonyl (C=O) groups excluding carboxylic acids is 2. The highest BCUT2D eigenvalue weighted by atomic mass is 35.5. The van der Waals surface area contributed by atoms with Crippen LogP contribution in [0.2, 0.25) is 5.02 Å². The van der Waals surface area contributed by atoms with Gasteiger partial charge in [-0.3, -0.25) is 9.59 Å². The molecule has 0 saturated carbocycles. The van der Waals surface area contributed by atoms with Crippen LogP contribution in [0.4, 0.5) is 0 Å². The first-order chi connectivity index (χ1) is 14.9. The molecule has 2 amide bonds. The lowest BCUT2D eigenvalue weighted by atomic mass is 10.1. The Kier molecular flexibility index (Phi) is 11.0. The van der Waals surface area contributed by atoms with Crippen molar-refractivity contribution < 1.29 is 9.59 Å². The highest BCUT2D eigenvalue weighted by Crippen LogP contribution is 2.18. The maximum atomic E-state index is 13.2. The smallest absolute Gasteiger partial charge is 0.243 e. The molecule has 2 aromatic carbocycles. The van der Waals surface area contributed by atoms with Crippen LogP contribution in [0.25, 0.3) is 0 Å². The van der Waals surface area contributed by atoms with Crippen LogP contribution in [0, 0.1) is 0 Å². The van der Waals surface area contributed by atoms with E-state index in [0.717, 1.165) is 17.7 Å². The molecule has 4 nitrogen and oxygen atoms in total. The van der Waals surface area contributed by atoms with Crippen LogP contribution in [-0.4, -0.2) is 34.6 Å². The second-order valence-corrected chi connectivity index (χ2v) is 9.22. The Morgan fingerprint density at radius 3 is 2.29 bits per heavy atom. The van der Waals surface area contributed by atoms with E-state index in [1.54, 1.807) is 16.7 Å². The summed E-state index contributed by atoms with van der Waals surface area (Å²) in [6.07, 6.45) is 1.82. The third-order valence-corrected chi connectivity index (χ3v) is 6.51. The number of hydrogen-bond donors (Lipinski definition) is 1. The number of nitrogens with zero attached hydrogens (tertiary/aromatic N) is 1. The van der Waals surface area contributed by atoms with Gasteiger partial charge in [-0.15, -0.1) is 0 Å². The summed E-state index contributed by atoms with van der Waals surface area (Å²) in [5, 5.41) is 3.69. The minimum Gasteiger partial charge on any atom is -0.352 e. The lowest BCUT2D eigenvalue weighted by molar-refractivity contribution is -0.141. The van der Waals surface area contributed by atoms with Crippen molar-refractivity contribution in [3.05, 3.63) is 70.7 Å². The van der Waals surface area contributed by atoms with Gasteiger partial charge >= 0.3 is 0 Å². The summed E-state index contributed by atoms with van der Waals surface area (Å²) in [6, 6.07) is 17.3. The van der Waals surface area contributed by atoms with Crippen LogP contribution >= 0.6 is 23.4 Å². The maximum Gasteiger partial charge on any atom is 0.243 e. The summed E-state index contributed by atoms with van der Waals surface area (Å²) < 4.78 is 0. The molecule has 0 unspecified atom stereocenters. The fraction of sp³-hybridized carbons (Fsp3) is 0.440. The minimum absolute atomic E-state index is 0.00154. The second-order valence-electron chi connectivity index (χ2n) is 7.68. The zero-order valence-corrected chi connectivity index (χ0v) is 20.2. The molecule has 6 heteroatoms. The summed E-state index contributed by atoms with van der Waals surface area (Å²) in [5.41, 5.74) is 2.21. The zero-order valence-electron chi connectivity index (χ0n) is 18.6. The lowest BCUT2D eigenvalue weighted by Gasteiger charge is -2.31. The van der Waals surface area contributed by atoms with Gasteiger partial charge in [-0.1, -0.05) is 67.9 Å². The molecule has 0 bridgehead atoms. The van der Waals surface area contributed by atoms with E-state index in [4.69, 9.17) is 11.6 Å². The van der Waals surface area contributed by atoms with Crippen LogP contribution < -0.4 is 5.32 Å². The van der Waals surface area contributed by atoms with Crippen molar-refractivity contribution in [3.8, 4) is 0 Å². The Morgan fingerprint density at radius 2 is 1.68 bits per heavy atom. The Bertz CT molecular complexity index is 814. The number of thioether (sulfide) groups is 1. The molecule has 2 rings (SSSR count). The monoisotopic (exact) mass is 460 g/mol. The first-order valence-electron chi connectivity index (χ1n) is 10.9. The Balaban J connectivity index is 2.06. The Hall–Kier alpha value is -1.98. The quantitative estimate of drug-likeness (QED) is 0.414. The summed E-state index contributed by atoms with van der Waals surface area (Å²) in [6.45, 7) is 6.36. The van der Waals surface area contributed by atoms with E-state index in [0.29, 0.717) is 30.2 Å². The topological polar surface area (TPSA) is 49.4 Å². The molecule has 0 fully saturated rings. The molecule has 0 radical (unpaired) electrons. The first kappa shape index (κ1) is 25.3. The highest BCUT2D eigenvalue weighted by Gasteiger charge is 2.28. The number of amides is 2. The molecule has 2 aromatic rings. The zero-order chi connectivity index (χ0) is 22.6. The number of hydrogen-bond acceptors (Lipinski definition) is 3. The minimum atomic E-state index is -0.490. The molecule has 168 valence electrons. The van der Waals surface area contributed by atoms with Gasteiger partial charge in [-0.05, 0) is 43.0 Å². The summed E-state index contributed by atoms with van der Waals surface area (Å²) in [5.74, 6) is 1.50. The van der Waals surface area contributed by atoms with Gasteiger partial charge in [0.05, 0.1) is 0 Å². The van der Waals surface area contributed by atoms with Crippen LogP contribution in [0.5, 0.6) is 0 Å². The van der Waals surface area contributed by atoms with Gasteiger partial charge in [0.1, 0.15) is 6.04 Å². The van der Waals surface area contributed by atoms with Gasteiger partial charge in [0.15, 0.2) is 0 Å². The van der Waals surface area contributed by atoms with E-state index >= 15 is 0 Å². The summed E-state index contributed by atoms with van der Waals surface area (Å²) in [7, 11) is 0. The molecular formula is C25H33ClN2O2S. The van der Waals surface area contributed by atoms with Crippen molar-refractivity contribution >= 4 is 35.2 Å². The van der Waals surface area contributed by atoms with Crippen LogP contribution in [0.3, 0.4) is 0 Å². The highest BCUT2D eigenvalue weighted by molar-refractivity contribution is 7.98. The van der Waals surface area contributed by atoms with Gasteiger partial charge in [-0.25, -0.2) is 0 Å². The van der Waals surface area contributed by atoms with Gasteiger partial charge < -0.3 is 10.2 Å². The van der Waals surface area contributed by atoms with Crippen molar-refractivity contribution in [2.24, 2.45) is 0 Å². The standard InChI is InChI=1S/C25H33ClN2O2S/c1-4-19(3)27-25(30)23(5-2)28(17-20-11-13-22(26)14-12-20)24(29)15-16-31-18-21-9-7-6-8-10-21/h6-14,19,23H,4-5,15-18H2,1-3H3,(H,27,30)/t19-,23-/m1/s1. The van der Waals surface area contributed by atoms with Gasteiger partial charge in [-0.2, -0.15) is 11.8 Å². The normalized spacial score (nSPS) is 12.8.